The number of aromatic nitrogens is 1. The fourth-order valence-corrected chi connectivity index (χ4v) is 1.86. The Balaban J connectivity index is 2.16. The number of pyridine rings is 1. The third-order valence-corrected chi connectivity index (χ3v) is 2.93. The molecule has 1 heterocycles. The Bertz CT molecular complexity index is 506. The summed E-state index contributed by atoms with van der Waals surface area (Å²) in [5.41, 5.74) is 9.58. The summed E-state index contributed by atoms with van der Waals surface area (Å²) in [5, 5.41) is 3.78. The topological polar surface area (TPSA) is 50.9 Å². The van der Waals surface area contributed by atoms with Crippen molar-refractivity contribution in [3.05, 3.63) is 52.8 Å². The molecule has 0 unspecified atom stereocenters. The second kappa shape index (κ2) is 5.06. The minimum absolute atomic E-state index is 0.540. The predicted octanol–water partition coefficient (Wildman–Crippen LogP) is 3.24. The molecule has 0 aliphatic rings. The van der Waals surface area contributed by atoms with E-state index in [0.29, 0.717) is 17.3 Å². The summed E-state index contributed by atoms with van der Waals surface area (Å²) in [4.78, 5) is 3.92. The smallest absolute Gasteiger partial charge is 0.0841 e. The van der Waals surface area contributed by atoms with Gasteiger partial charge in [-0.3, -0.25) is 4.98 Å². The van der Waals surface area contributed by atoms with Crippen LogP contribution in [0.5, 0.6) is 0 Å². The van der Waals surface area contributed by atoms with Crippen LogP contribution in [0.25, 0.3) is 0 Å². The number of nitrogens with one attached hydrogen (secondary N) is 1. The van der Waals surface area contributed by atoms with Gasteiger partial charge in [0.25, 0.3) is 0 Å². The lowest BCUT2D eigenvalue weighted by Crippen LogP contribution is -2.04. The zero-order valence-electron chi connectivity index (χ0n) is 9.57. The predicted molar refractivity (Wildman–Crippen MR) is 72.2 cm³/mol. The maximum Gasteiger partial charge on any atom is 0.0841 e. The highest BCUT2D eigenvalue weighted by molar-refractivity contribution is 6.33. The van der Waals surface area contributed by atoms with Crippen molar-refractivity contribution in [1.82, 2.24) is 4.98 Å². The molecule has 88 valence electrons. The van der Waals surface area contributed by atoms with Crippen LogP contribution in [-0.2, 0) is 6.54 Å². The molecule has 1 aromatic carbocycles. The minimum Gasteiger partial charge on any atom is -0.396 e. The number of nitrogens with two attached hydrogens (primary N) is 1. The Morgan fingerprint density at radius 2 is 2.06 bits per heavy atom. The van der Waals surface area contributed by atoms with Gasteiger partial charge in [0, 0.05) is 12.7 Å². The first-order valence-electron chi connectivity index (χ1n) is 5.36. The molecule has 2 aromatic rings. The summed E-state index contributed by atoms with van der Waals surface area (Å²) >= 11 is 6.03. The number of halogens is 1. The monoisotopic (exact) mass is 247 g/mol. The number of aryl methyl sites for hydroxylation is 1. The van der Waals surface area contributed by atoms with E-state index in [1.165, 1.54) is 11.1 Å². The van der Waals surface area contributed by atoms with Gasteiger partial charge in [0.15, 0.2) is 0 Å². The van der Waals surface area contributed by atoms with Crippen LogP contribution < -0.4 is 11.1 Å². The van der Waals surface area contributed by atoms with Crippen LogP contribution in [0.1, 0.15) is 11.1 Å². The molecular weight excluding hydrogens is 234 g/mol. The van der Waals surface area contributed by atoms with Crippen molar-refractivity contribution in [2.24, 2.45) is 0 Å². The summed E-state index contributed by atoms with van der Waals surface area (Å²) in [6, 6.07) is 8.19. The van der Waals surface area contributed by atoms with Crippen LogP contribution in [0.2, 0.25) is 5.02 Å². The highest BCUT2D eigenvalue weighted by Gasteiger charge is 2.05. The van der Waals surface area contributed by atoms with Crippen molar-refractivity contribution in [2.45, 2.75) is 13.5 Å². The van der Waals surface area contributed by atoms with E-state index in [-0.39, 0.29) is 0 Å². The minimum atomic E-state index is 0.540. The van der Waals surface area contributed by atoms with Crippen LogP contribution in [0.4, 0.5) is 11.4 Å². The lowest BCUT2D eigenvalue weighted by atomic mass is 10.1. The summed E-state index contributed by atoms with van der Waals surface area (Å²) < 4.78 is 0. The van der Waals surface area contributed by atoms with Gasteiger partial charge < -0.3 is 11.1 Å². The molecule has 0 atom stereocenters. The molecular formula is C13H14ClN3. The molecule has 0 bridgehead atoms. The third-order valence-electron chi connectivity index (χ3n) is 2.65. The number of benzene rings is 1. The highest BCUT2D eigenvalue weighted by atomic mass is 35.5. The van der Waals surface area contributed by atoms with Gasteiger partial charge in [0.05, 0.1) is 22.6 Å². The van der Waals surface area contributed by atoms with Crippen LogP contribution in [0.15, 0.2) is 36.7 Å². The first-order valence-corrected chi connectivity index (χ1v) is 5.73. The molecule has 3 N–H and O–H groups in total. The van der Waals surface area contributed by atoms with Crippen LogP contribution in [0.3, 0.4) is 0 Å². The van der Waals surface area contributed by atoms with Gasteiger partial charge in [-0.2, -0.15) is 0 Å². The summed E-state index contributed by atoms with van der Waals surface area (Å²) in [7, 11) is 0. The van der Waals surface area contributed by atoms with E-state index >= 15 is 0 Å². The van der Waals surface area contributed by atoms with E-state index in [9.17, 15) is 0 Å². The standard InChI is InChI=1S/C13H14ClN3/c1-9-4-2-3-5-10(9)6-17-13-11(14)7-16-8-12(13)15/h2-5,7-8H,6,15H2,1H3,(H,16,17). The lowest BCUT2D eigenvalue weighted by molar-refractivity contribution is 1.12. The quantitative estimate of drug-likeness (QED) is 0.876. The molecule has 0 saturated carbocycles. The SMILES string of the molecule is Cc1ccccc1CNc1c(N)cncc1Cl. The van der Waals surface area contributed by atoms with E-state index in [2.05, 4.69) is 29.4 Å². The maximum absolute atomic E-state index is 6.03. The zero-order chi connectivity index (χ0) is 12.3. The van der Waals surface area contributed by atoms with Crippen molar-refractivity contribution < 1.29 is 0 Å². The molecule has 0 radical (unpaired) electrons. The van der Waals surface area contributed by atoms with E-state index in [1.54, 1.807) is 12.4 Å². The van der Waals surface area contributed by atoms with Crippen LogP contribution >= 0.6 is 11.6 Å². The van der Waals surface area contributed by atoms with Crippen LogP contribution in [0, 0.1) is 6.92 Å². The number of hydrogen-bond donors (Lipinski definition) is 2. The molecule has 17 heavy (non-hydrogen) atoms. The average Bonchev–Trinajstić information content (AvgIpc) is 2.30. The maximum atomic E-state index is 6.03. The Hall–Kier alpha value is -1.74. The van der Waals surface area contributed by atoms with Gasteiger partial charge >= 0.3 is 0 Å². The normalized spacial score (nSPS) is 10.2. The molecule has 3 nitrogen and oxygen atoms in total. The molecule has 0 spiro atoms. The fraction of sp³-hybridized carbons (Fsp3) is 0.154. The van der Waals surface area contributed by atoms with Crippen LogP contribution in [-0.4, -0.2) is 4.98 Å². The van der Waals surface area contributed by atoms with Gasteiger partial charge in [-0.1, -0.05) is 35.9 Å². The highest BCUT2D eigenvalue weighted by Crippen LogP contribution is 2.27. The summed E-state index contributed by atoms with van der Waals surface area (Å²) in [6.07, 6.45) is 3.17. The first-order chi connectivity index (χ1) is 8.18. The number of nitrogens with zero attached hydrogens (tertiary/aromatic N) is 1. The number of anilines is 2. The molecule has 0 amide bonds. The Morgan fingerprint density at radius 3 is 2.76 bits per heavy atom. The van der Waals surface area contributed by atoms with Gasteiger partial charge in [0.1, 0.15) is 0 Å². The lowest BCUT2D eigenvalue weighted by Gasteiger charge is -2.12. The molecule has 4 heteroatoms. The Kier molecular flexibility index (Phi) is 3.49. The summed E-state index contributed by atoms with van der Waals surface area (Å²) in [6.45, 7) is 2.77. The molecule has 0 aliphatic heterocycles. The third kappa shape index (κ3) is 2.68. The molecule has 2 rings (SSSR count). The zero-order valence-corrected chi connectivity index (χ0v) is 10.3. The molecule has 0 fully saturated rings. The van der Waals surface area contributed by atoms with E-state index in [0.717, 1.165) is 5.69 Å². The van der Waals surface area contributed by atoms with Gasteiger partial charge in [0.2, 0.25) is 0 Å². The average molecular weight is 248 g/mol. The van der Waals surface area contributed by atoms with Crippen molar-refractivity contribution in [2.75, 3.05) is 11.1 Å². The van der Waals surface area contributed by atoms with Crippen molar-refractivity contribution in [3.63, 3.8) is 0 Å². The van der Waals surface area contributed by atoms with E-state index < -0.39 is 0 Å². The van der Waals surface area contributed by atoms with Gasteiger partial charge in [-0.15, -0.1) is 0 Å². The number of rotatable bonds is 3. The second-order valence-corrected chi connectivity index (χ2v) is 4.27. The summed E-state index contributed by atoms with van der Waals surface area (Å²) in [5.74, 6) is 0. The Labute approximate surface area is 106 Å². The van der Waals surface area contributed by atoms with Gasteiger partial charge in [-0.25, -0.2) is 0 Å². The van der Waals surface area contributed by atoms with Crippen molar-refractivity contribution in [3.8, 4) is 0 Å². The molecule has 1 aromatic heterocycles. The largest absolute Gasteiger partial charge is 0.396 e. The molecule has 0 saturated heterocycles. The second-order valence-electron chi connectivity index (χ2n) is 3.87. The van der Waals surface area contributed by atoms with Crippen molar-refractivity contribution >= 4 is 23.0 Å². The number of nitrogen functional groups attached to an aromatic ring is 1. The number of hydrogen-bond acceptors (Lipinski definition) is 3. The Morgan fingerprint density at radius 1 is 1.29 bits per heavy atom. The fourth-order valence-electron chi connectivity index (χ4n) is 1.63. The molecule has 0 aliphatic carbocycles. The van der Waals surface area contributed by atoms with E-state index in [1.807, 2.05) is 12.1 Å². The van der Waals surface area contributed by atoms with Crippen molar-refractivity contribution in [1.29, 1.82) is 0 Å². The van der Waals surface area contributed by atoms with Gasteiger partial charge in [-0.05, 0) is 18.1 Å². The first kappa shape index (κ1) is 11.7. The van der Waals surface area contributed by atoms with E-state index in [4.69, 9.17) is 17.3 Å².